The summed E-state index contributed by atoms with van der Waals surface area (Å²) in [6, 6.07) is 2.58. The van der Waals surface area contributed by atoms with E-state index in [4.69, 9.17) is 11.6 Å². The minimum Gasteiger partial charge on any atom is -0.325 e. The Hall–Kier alpha value is -1.20. The SMILES string of the molecule is CCN1CCCC1Cn1c(CCl)nc2c(F)cc(F)cc21. The number of benzene rings is 1. The van der Waals surface area contributed by atoms with Gasteiger partial charge in [0.05, 0.1) is 11.4 Å². The summed E-state index contributed by atoms with van der Waals surface area (Å²) in [5.41, 5.74) is 0.694. The van der Waals surface area contributed by atoms with Crippen molar-refractivity contribution in [3.63, 3.8) is 0 Å². The first-order valence-corrected chi connectivity index (χ1v) is 7.81. The van der Waals surface area contributed by atoms with E-state index in [9.17, 15) is 8.78 Å². The van der Waals surface area contributed by atoms with Crippen LogP contribution in [-0.2, 0) is 12.4 Å². The Morgan fingerprint density at radius 3 is 2.90 bits per heavy atom. The summed E-state index contributed by atoms with van der Waals surface area (Å²) < 4.78 is 29.3. The van der Waals surface area contributed by atoms with Crippen molar-refractivity contribution in [2.75, 3.05) is 13.1 Å². The molecule has 1 saturated heterocycles. The molecule has 0 spiro atoms. The number of fused-ring (bicyclic) bond motifs is 1. The highest BCUT2D eigenvalue weighted by Crippen LogP contribution is 2.25. The van der Waals surface area contributed by atoms with E-state index in [0.29, 0.717) is 23.9 Å². The molecule has 1 aliphatic rings. The molecule has 1 fully saturated rings. The second-order valence-electron chi connectivity index (χ2n) is 5.45. The van der Waals surface area contributed by atoms with Crippen molar-refractivity contribution in [3.8, 4) is 0 Å². The van der Waals surface area contributed by atoms with Crippen molar-refractivity contribution in [2.24, 2.45) is 0 Å². The van der Waals surface area contributed by atoms with Crippen LogP contribution in [0.4, 0.5) is 8.78 Å². The molecule has 3 rings (SSSR count). The zero-order valence-corrected chi connectivity index (χ0v) is 12.7. The van der Waals surface area contributed by atoms with Crippen LogP contribution in [0.3, 0.4) is 0 Å². The zero-order chi connectivity index (χ0) is 15.0. The van der Waals surface area contributed by atoms with Gasteiger partial charge in [0.1, 0.15) is 17.2 Å². The van der Waals surface area contributed by atoms with E-state index in [1.54, 1.807) is 0 Å². The molecular formula is C15H18ClF2N3. The van der Waals surface area contributed by atoms with Gasteiger partial charge in [-0.25, -0.2) is 13.8 Å². The Kier molecular flexibility index (Phi) is 4.13. The fourth-order valence-electron chi connectivity index (χ4n) is 3.23. The van der Waals surface area contributed by atoms with E-state index < -0.39 is 11.6 Å². The van der Waals surface area contributed by atoms with Crippen molar-refractivity contribution in [2.45, 2.75) is 38.2 Å². The van der Waals surface area contributed by atoms with E-state index in [1.165, 1.54) is 6.07 Å². The third kappa shape index (κ3) is 2.64. The summed E-state index contributed by atoms with van der Waals surface area (Å²) in [6.45, 7) is 4.87. The molecule has 2 aromatic rings. The van der Waals surface area contributed by atoms with Crippen LogP contribution in [-0.4, -0.2) is 33.6 Å². The van der Waals surface area contributed by atoms with Crippen LogP contribution in [0.5, 0.6) is 0 Å². The highest BCUT2D eigenvalue weighted by Gasteiger charge is 2.25. The largest absolute Gasteiger partial charge is 0.325 e. The zero-order valence-electron chi connectivity index (χ0n) is 12.0. The number of imidazole rings is 1. The molecule has 3 nitrogen and oxygen atoms in total. The van der Waals surface area contributed by atoms with Gasteiger partial charge in [0.15, 0.2) is 5.82 Å². The van der Waals surface area contributed by atoms with Crippen molar-refractivity contribution < 1.29 is 8.78 Å². The van der Waals surface area contributed by atoms with Crippen molar-refractivity contribution in [3.05, 3.63) is 29.6 Å². The summed E-state index contributed by atoms with van der Waals surface area (Å²) >= 11 is 5.94. The maximum absolute atomic E-state index is 13.9. The van der Waals surface area contributed by atoms with Crippen molar-refractivity contribution >= 4 is 22.6 Å². The second kappa shape index (κ2) is 5.89. The first-order valence-electron chi connectivity index (χ1n) is 7.28. The van der Waals surface area contributed by atoms with Crippen LogP contribution in [0.15, 0.2) is 12.1 Å². The van der Waals surface area contributed by atoms with Crippen LogP contribution in [0, 0.1) is 11.6 Å². The first-order chi connectivity index (χ1) is 10.1. The fraction of sp³-hybridized carbons (Fsp3) is 0.533. The Balaban J connectivity index is 2.04. The summed E-state index contributed by atoms with van der Waals surface area (Å²) in [7, 11) is 0. The van der Waals surface area contributed by atoms with Gasteiger partial charge in [-0.1, -0.05) is 6.92 Å². The minimum absolute atomic E-state index is 0.189. The van der Waals surface area contributed by atoms with E-state index in [0.717, 1.165) is 32.0 Å². The van der Waals surface area contributed by atoms with Crippen LogP contribution in [0.25, 0.3) is 11.0 Å². The minimum atomic E-state index is -0.631. The molecule has 6 heteroatoms. The topological polar surface area (TPSA) is 21.1 Å². The van der Waals surface area contributed by atoms with E-state index in [1.807, 2.05) is 4.57 Å². The van der Waals surface area contributed by atoms with Crippen molar-refractivity contribution in [1.29, 1.82) is 0 Å². The number of likely N-dealkylation sites (tertiary alicyclic amines) is 1. The molecule has 0 saturated carbocycles. The third-order valence-electron chi connectivity index (χ3n) is 4.27. The van der Waals surface area contributed by atoms with Crippen molar-refractivity contribution in [1.82, 2.24) is 14.5 Å². The maximum atomic E-state index is 13.9. The summed E-state index contributed by atoms with van der Waals surface area (Å²) in [4.78, 5) is 6.62. The molecule has 1 atom stereocenters. The number of nitrogens with zero attached hydrogens (tertiary/aromatic N) is 3. The Morgan fingerprint density at radius 2 is 2.19 bits per heavy atom. The average Bonchev–Trinajstić information content (AvgIpc) is 3.04. The number of likely N-dealkylation sites (N-methyl/N-ethyl adjacent to an activating group) is 1. The molecule has 1 unspecified atom stereocenters. The van der Waals surface area contributed by atoms with Crippen LogP contribution < -0.4 is 0 Å². The lowest BCUT2D eigenvalue weighted by atomic mass is 10.2. The standard InChI is InChI=1S/C15H18ClF2N3/c1-2-20-5-3-4-11(20)9-21-13-7-10(17)6-12(18)15(13)19-14(21)8-16/h6-7,11H,2-5,8-9H2,1H3. The molecule has 1 aromatic carbocycles. The van der Waals surface area contributed by atoms with E-state index >= 15 is 0 Å². The summed E-state index contributed by atoms with van der Waals surface area (Å²) in [5, 5.41) is 0. The second-order valence-corrected chi connectivity index (χ2v) is 5.72. The lowest BCUT2D eigenvalue weighted by Gasteiger charge is -2.24. The lowest BCUT2D eigenvalue weighted by molar-refractivity contribution is 0.245. The molecule has 114 valence electrons. The number of halogens is 3. The number of rotatable bonds is 4. The normalized spacial score (nSPS) is 19.7. The van der Waals surface area contributed by atoms with Gasteiger partial charge in [0.2, 0.25) is 0 Å². The molecule has 0 aliphatic carbocycles. The van der Waals surface area contributed by atoms with Crippen LogP contribution in [0.2, 0.25) is 0 Å². The summed E-state index contributed by atoms with van der Waals surface area (Å²) in [5.74, 6) is -0.428. The van der Waals surface area contributed by atoms with Gasteiger partial charge in [-0.3, -0.25) is 4.90 Å². The highest BCUT2D eigenvalue weighted by atomic mass is 35.5. The quantitative estimate of drug-likeness (QED) is 0.805. The number of hydrogen-bond donors (Lipinski definition) is 0. The van der Waals surface area contributed by atoms with Crippen LogP contribution >= 0.6 is 11.6 Å². The van der Waals surface area contributed by atoms with Gasteiger partial charge in [0.25, 0.3) is 0 Å². The fourth-order valence-corrected chi connectivity index (χ4v) is 3.44. The van der Waals surface area contributed by atoms with Gasteiger partial charge < -0.3 is 4.57 Å². The Morgan fingerprint density at radius 1 is 1.38 bits per heavy atom. The first kappa shape index (κ1) is 14.7. The molecular weight excluding hydrogens is 296 g/mol. The Bertz CT molecular complexity index is 656. The number of alkyl halides is 1. The molecule has 1 aromatic heterocycles. The lowest BCUT2D eigenvalue weighted by Crippen LogP contribution is -2.33. The monoisotopic (exact) mass is 313 g/mol. The van der Waals surface area contributed by atoms with Crippen LogP contribution in [0.1, 0.15) is 25.6 Å². The molecule has 1 aliphatic heterocycles. The van der Waals surface area contributed by atoms with E-state index in [2.05, 4.69) is 16.8 Å². The van der Waals surface area contributed by atoms with Gasteiger partial charge in [-0.15, -0.1) is 11.6 Å². The molecule has 0 radical (unpaired) electrons. The average molecular weight is 314 g/mol. The highest BCUT2D eigenvalue weighted by molar-refractivity contribution is 6.16. The smallest absolute Gasteiger partial charge is 0.153 e. The van der Waals surface area contributed by atoms with Gasteiger partial charge in [-0.2, -0.15) is 0 Å². The van der Waals surface area contributed by atoms with E-state index in [-0.39, 0.29) is 11.4 Å². The molecule has 0 amide bonds. The molecule has 0 bridgehead atoms. The molecule has 0 N–H and O–H groups in total. The number of aromatic nitrogens is 2. The summed E-state index contributed by atoms with van der Waals surface area (Å²) in [6.07, 6.45) is 2.25. The van der Waals surface area contributed by atoms with Gasteiger partial charge >= 0.3 is 0 Å². The maximum Gasteiger partial charge on any atom is 0.153 e. The predicted molar refractivity (Wildman–Crippen MR) is 79.5 cm³/mol. The molecule has 2 heterocycles. The number of hydrogen-bond acceptors (Lipinski definition) is 2. The van der Waals surface area contributed by atoms with Gasteiger partial charge in [-0.05, 0) is 32.0 Å². The third-order valence-corrected chi connectivity index (χ3v) is 4.51. The molecule has 21 heavy (non-hydrogen) atoms. The Labute approximate surface area is 127 Å². The van der Waals surface area contributed by atoms with Gasteiger partial charge in [0, 0.05) is 18.7 Å². The predicted octanol–water partition coefficient (Wildman–Crippen LogP) is 3.54.